The average Bonchev–Trinajstić information content (AvgIpc) is 2.96. The Morgan fingerprint density at radius 3 is 2.59 bits per heavy atom. The summed E-state index contributed by atoms with van der Waals surface area (Å²) in [5.41, 5.74) is 1.98. The number of guanidine groups is 1. The van der Waals surface area contributed by atoms with Gasteiger partial charge in [-0.3, -0.25) is 4.79 Å². The molecular weight excluding hydrogens is 374 g/mol. The molecule has 0 aliphatic carbocycles. The van der Waals surface area contributed by atoms with Crippen molar-refractivity contribution < 1.29 is 19.1 Å². The molecule has 3 rings (SSSR count). The van der Waals surface area contributed by atoms with Crippen molar-refractivity contribution in [3.8, 4) is 5.75 Å². The first-order chi connectivity index (χ1) is 13.9. The lowest BCUT2D eigenvalue weighted by Gasteiger charge is -2.18. The van der Waals surface area contributed by atoms with Crippen LogP contribution in [0.25, 0.3) is 0 Å². The van der Waals surface area contributed by atoms with Crippen LogP contribution < -0.4 is 15.0 Å². The van der Waals surface area contributed by atoms with E-state index in [-0.39, 0.29) is 17.6 Å². The molecule has 9 nitrogen and oxygen atoms in total. The van der Waals surface area contributed by atoms with Gasteiger partial charge >= 0.3 is 5.97 Å². The Balaban J connectivity index is 2.13. The van der Waals surface area contributed by atoms with Crippen LogP contribution in [-0.2, 0) is 14.3 Å². The number of hydrogen-bond acceptors (Lipinski definition) is 7. The second-order valence-electron chi connectivity index (χ2n) is 6.13. The summed E-state index contributed by atoms with van der Waals surface area (Å²) >= 11 is 0. The molecule has 1 N–H and O–H groups in total. The van der Waals surface area contributed by atoms with Crippen LogP contribution in [0.1, 0.15) is 18.3 Å². The van der Waals surface area contributed by atoms with Crippen molar-refractivity contribution in [3.05, 3.63) is 53.5 Å². The molecule has 150 valence electrons. The second kappa shape index (κ2) is 8.51. The SMILES string of the molecule is CCOc1ccccc1N1C(=O)C(=CC(=O)OC)N/C1=N\c1nc(C)cc(C)n1. The summed E-state index contributed by atoms with van der Waals surface area (Å²) in [4.78, 5) is 39.1. The summed E-state index contributed by atoms with van der Waals surface area (Å²) < 4.78 is 10.3. The third kappa shape index (κ3) is 4.40. The van der Waals surface area contributed by atoms with Crippen molar-refractivity contribution in [2.75, 3.05) is 18.6 Å². The highest BCUT2D eigenvalue weighted by Crippen LogP contribution is 2.31. The lowest BCUT2D eigenvalue weighted by atomic mass is 10.2. The third-order valence-corrected chi connectivity index (χ3v) is 3.94. The van der Waals surface area contributed by atoms with Gasteiger partial charge in [-0.25, -0.2) is 19.7 Å². The van der Waals surface area contributed by atoms with Crippen molar-refractivity contribution in [2.45, 2.75) is 20.8 Å². The number of esters is 1. The highest BCUT2D eigenvalue weighted by atomic mass is 16.5. The number of nitrogens with zero attached hydrogens (tertiary/aromatic N) is 4. The maximum absolute atomic E-state index is 13.1. The molecule has 0 unspecified atom stereocenters. The smallest absolute Gasteiger partial charge is 0.332 e. The number of anilines is 1. The number of rotatable bonds is 5. The van der Waals surface area contributed by atoms with Crippen LogP contribution >= 0.6 is 0 Å². The van der Waals surface area contributed by atoms with Gasteiger partial charge in [0, 0.05) is 11.4 Å². The summed E-state index contributed by atoms with van der Waals surface area (Å²) in [6, 6.07) is 8.87. The molecule has 1 aliphatic rings. The van der Waals surface area contributed by atoms with Gasteiger partial charge in [0.1, 0.15) is 11.4 Å². The third-order valence-electron chi connectivity index (χ3n) is 3.94. The number of ether oxygens (including phenoxy) is 2. The first-order valence-electron chi connectivity index (χ1n) is 8.97. The van der Waals surface area contributed by atoms with Crippen molar-refractivity contribution in [1.82, 2.24) is 15.3 Å². The van der Waals surface area contributed by atoms with Gasteiger partial charge in [-0.1, -0.05) is 12.1 Å². The predicted molar refractivity (Wildman–Crippen MR) is 107 cm³/mol. The maximum Gasteiger partial charge on any atom is 0.332 e. The van der Waals surface area contributed by atoms with Crippen LogP contribution in [0.5, 0.6) is 5.75 Å². The zero-order valence-electron chi connectivity index (χ0n) is 16.6. The topological polar surface area (TPSA) is 106 Å². The summed E-state index contributed by atoms with van der Waals surface area (Å²) in [5.74, 6) is -0.301. The van der Waals surface area contributed by atoms with Gasteiger partial charge in [-0.15, -0.1) is 0 Å². The Kier molecular flexibility index (Phi) is 5.87. The van der Waals surface area contributed by atoms with Crippen LogP contribution in [-0.4, -0.2) is 41.5 Å². The maximum atomic E-state index is 13.1. The number of carbonyl (C=O) groups is 2. The van der Waals surface area contributed by atoms with Crippen molar-refractivity contribution >= 4 is 29.5 Å². The molecule has 1 aromatic heterocycles. The Morgan fingerprint density at radius 2 is 1.93 bits per heavy atom. The van der Waals surface area contributed by atoms with E-state index in [0.29, 0.717) is 18.0 Å². The first kappa shape index (κ1) is 20.0. The molecule has 1 aromatic carbocycles. The molecule has 2 aromatic rings. The number of para-hydroxylation sites is 2. The van der Waals surface area contributed by atoms with E-state index in [0.717, 1.165) is 17.5 Å². The highest BCUT2D eigenvalue weighted by molar-refractivity contribution is 6.30. The van der Waals surface area contributed by atoms with Crippen LogP contribution in [0.4, 0.5) is 11.6 Å². The second-order valence-corrected chi connectivity index (χ2v) is 6.13. The minimum atomic E-state index is -0.664. The van der Waals surface area contributed by atoms with Gasteiger partial charge in [-0.05, 0) is 39.0 Å². The van der Waals surface area contributed by atoms with Gasteiger partial charge < -0.3 is 14.8 Å². The Labute approximate surface area is 168 Å². The monoisotopic (exact) mass is 395 g/mol. The minimum Gasteiger partial charge on any atom is -0.492 e. The lowest BCUT2D eigenvalue weighted by Crippen LogP contribution is -2.32. The molecule has 0 radical (unpaired) electrons. The van der Waals surface area contributed by atoms with E-state index in [2.05, 4.69) is 25.0 Å². The Hall–Kier alpha value is -3.75. The summed E-state index contributed by atoms with van der Waals surface area (Å²) in [5, 5.41) is 2.86. The number of aromatic nitrogens is 2. The Morgan fingerprint density at radius 1 is 1.24 bits per heavy atom. The van der Waals surface area contributed by atoms with Crippen LogP contribution in [0, 0.1) is 13.8 Å². The summed E-state index contributed by atoms with van der Waals surface area (Å²) in [6.07, 6.45) is 1.07. The van der Waals surface area contributed by atoms with Crippen molar-refractivity contribution in [3.63, 3.8) is 0 Å². The largest absolute Gasteiger partial charge is 0.492 e. The van der Waals surface area contributed by atoms with E-state index >= 15 is 0 Å². The van der Waals surface area contributed by atoms with Crippen molar-refractivity contribution in [1.29, 1.82) is 0 Å². The number of amides is 1. The van der Waals surface area contributed by atoms with Crippen molar-refractivity contribution in [2.24, 2.45) is 4.99 Å². The van der Waals surface area contributed by atoms with Crippen LogP contribution in [0.15, 0.2) is 47.1 Å². The molecule has 1 saturated heterocycles. The molecule has 1 fully saturated rings. The molecule has 1 amide bonds. The molecule has 0 bridgehead atoms. The van der Waals surface area contributed by atoms with E-state index in [4.69, 9.17) is 4.74 Å². The fourth-order valence-electron chi connectivity index (χ4n) is 2.79. The highest BCUT2D eigenvalue weighted by Gasteiger charge is 2.36. The number of methoxy groups -OCH3 is 1. The van der Waals surface area contributed by atoms with Gasteiger partial charge in [0.2, 0.25) is 5.96 Å². The zero-order chi connectivity index (χ0) is 21.0. The molecule has 0 saturated carbocycles. The summed E-state index contributed by atoms with van der Waals surface area (Å²) in [6.45, 7) is 5.93. The molecular formula is C20H21N5O4. The molecule has 1 aliphatic heterocycles. The van der Waals surface area contributed by atoms with Gasteiger partial charge in [0.15, 0.2) is 0 Å². The number of nitrogens with one attached hydrogen (secondary N) is 1. The van der Waals surface area contributed by atoms with E-state index in [9.17, 15) is 9.59 Å². The van der Waals surface area contributed by atoms with Crippen LogP contribution in [0.2, 0.25) is 0 Å². The van der Waals surface area contributed by atoms with Gasteiger partial charge in [0.05, 0.1) is 25.5 Å². The number of aliphatic imine (C=N–C) groups is 1. The fraction of sp³-hybridized carbons (Fsp3) is 0.250. The van der Waals surface area contributed by atoms with E-state index in [1.54, 1.807) is 24.3 Å². The normalized spacial score (nSPS) is 16.3. The number of carbonyl (C=O) groups excluding carboxylic acids is 2. The van der Waals surface area contributed by atoms with E-state index in [1.165, 1.54) is 12.0 Å². The molecule has 0 spiro atoms. The van der Waals surface area contributed by atoms with Gasteiger partial charge in [0.25, 0.3) is 11.9 Å². The summed E-state index contributed by atoms with van der Waals surface area (Å²) in [7, 11) is 1.24. The molecule has 2 heterocycles. The average molecular weight is 395 g/mol. The van der Waals surface area contributed by atoms with E-state index < -0.39 is 11.9 Å². The van der Waals surface area contributed by atoms with Gasteiger partial charge in [-0.2, -0.15) is 4.99 Å². The molecule has 9 heteroatoms. The first-order valence-corrected chi connectivity index (χ1v) is 8.97. The zero-order valence-corrected chi connectivity index (χ0v) is 16.6. The number of aryl methyl sites for hydroxylation is 2. The fourth-order valence-corrected chi connectivity index (χ4v) is 2.79. The Bertz CT molecular complexity index is 995. The van der Waals surface area contributed by atoms with E-state index in [1.807, 2.05) is 26.8 Å². The van der Waals surface area contributed by atoms with Crippen LogP contribution in [0.3, 0.4) is 0 Å². The predicted octanol–water partition coefficient (Wildman–Crippen LogP) is 2.17. The number of benzene rings is 1. The standard InChI is InChI=1S/C20H21N5O4/c1-5-29-16-9-7-6-8-15(16)25-18(27)14(11-17(26)28-4)23-20(25)24-19-21-12(2)10-13(3)22-19/h6-11H,5H2,1-4H3,(H,21,22,23,24). The lowest BCUT2D eigenvalue weighted by molar-refractivity contribution is -0.135. The number of hydrogen-bond donors (Lipinski definition) is 1. The molecule has 29 heavy (non-hydrogen) atoms. The minimum absolute atomic E-state index is 0.0197. The quantitative estimate of drug-likeness (QED) is 0.611. The molecule has 0 atom stereocenters.